The van der Waals surface area contributed by atoms with Crippen molar-refractivity contribution in [3.63, 3.8) is 0 Å². The fourth-order valence-electron chi connectivity index (χ4n) is 2.70. The second kappa shape index (κ2) is 7.20. The quantitative estimate of drug-likeness (QED) is 0.649. The lowest BCUT2D eigenvalue weighted by molar-refractivity contribution is 0.171. The fourth-order valence-corrected chi connectivity index (χ4v) is 2.90. The van der Waals surface area contributed by atoms with Crippen molar-refractivity contribution in [2.45, 2.75) is 0 Å². The number of fused-ring (bicyclic) bond motifs is 1. The molecule has 0 saturated carbocycles. The van der Waals surface area contributed by atoms with Crippen molar-refractivity contribution in [2.24, 2.45) is 0 Å². The van der Waals surface area contributed by atoms with Gasteiger partial charge >= 0.3 is 0 Å². The van der Waals surface area contributed by atoms with Gasteiger partial charge in [-0.15, -0.1) is 0 Å². The van der Waals surface area contributed by atoms with E-state index in [1.165, 1.54) is 0 Å². The zero-order valence-corrected chi connectivity index (χ0v) is 15.3. The van der Waals surface area contributed by atoms with E-state index in [0.717, 1.165) is 5.56 Å². The third-order valence-electron chi connectivity index (χ3n) is 3.95. The van der Waals surface area contributed by atoms with Gasteiger partial charge in [0.15, 0.2) is 11.5 Å². The molecular formula is C19H15ClN2O5. The van der Waals surface area contributed by atoms with Gasteiger partial charge in [0.1, 0.15) is 10.8 Å². The first kappa shape index (κ1) is 17.2. The number of para-hydroxylation sites is 1. The van der Waals surface area contributed by atoms with Crippen molar-refractivity contribution in [3.05, 3.63) is 47.9 Å². The predicted molar refractivity (Wildman–Crippen MR) is 99.1 cm³/mol. The molecule has 27 heavy (non-hydrogen) atoms. The summed E-state index contributed by atoms with van der Waals surface area (Å²) in [5.74, 6) is 2.94. The Morgan fingerprint density at radius 2 is 1.93 bits per heavy atom. The first-order chi connectivity index (χ1) is 13.2. The topological polar surface area (TPSA) is 75.8 Å². The lowest BCUT2D eigenvalue weighted by Crippen LogP contribution is -1.93. The van der Waals surface area contributed by atoms with Gasteiger partial charge in [-0.3, -0.25) is 0 Å². The number of nitrogens with zero attached hydrogens (tertiary/aromatic N) is 2. The Kier molecular flexibility index (Phi) is 4.60. The van der Waals surface area contributed by atoms with Crippen LogP contribution in [0.5, 0.6) is 23.0 Å². The van der Waals surface area contributed by atoms with E-state index < -0.39 is 0 Å². The number of hydrogen-bond acceptors (Lipinski definition) is 7. The average molecular weight is 387 g/mol. The highest BCUT2D eigenvalue weighted by Crippen LogP contribution is 2.42. The lowest BCUT2D eigenvalue weighted by atomic mass is 10.1. The zero-order valence-electron chi connectivity index (χ0n) is 14.6. The summed E-state index contributed by atoms with van der Waals surface area (Å²) in [5.41, 5.74) is 1.46. The van der Waals surface area contributed by atoms with Gasteiger partial charge in [-0.1, -0.05) is 28.9 Å². The van der Waals surface area contributed by atoms with E-state index >= 15 is 0 Å². The molecule has 0 fully saturated rings. The molecule has 4 rings (SSSR count). The van der Waals surface area contributed by atoms with E-state index in [9.17, 15) is 0 Å². The second-order valence-corrected chi connectivity index (χ2v) is 5.98. The molecular weight excluding hydrogens is 372 g/mol. The maximum absolute atomic E-state index is 6.38. The first-order valence-electron chi connectivity index (χ1n) is 8.02. The van der Waals surface area contributed by atoms with Crippen LogP contribution in [0.4, 0.5) is 0 Å². The largest absolute Gasteiger partial charge is 0.496 e. The standard InChI is InChI=1S/C19H15ClN2O5/c1-23-14-6-4-3-5-12(14)18-21-19(27-22-18)13(20)7-11-8-15(24-2)17-16(9-11)25-10-26-17/h3-9H,10H2,1-2H3/b13-7-. The molecule has 0 spiro atoms. The molecule has 3 aromatic rings. The summed E-state index contributed by atoms with van der Waals surface area (Å²) in [7, 11) is 3.14. The Labute approximate surface area is 160 Å². The average Bonchev–Trinajstić information content (AvgIpc) is 3.36. The molecule has 0 atom stereocenters. The lowest BCUT2D eigenvalue weighted by Gasteiger charge is -2.06. The summed E-state index contributed by atoms with van der Waals surface area (Å²) < 4.78 is 26.8. The predicted octanol–water partition coefficient (Wildman–Crippen LogP) is 4.22. The van der Waals surface area contributed by atoms with Gasteiger partial charge in [-0.2, -0.15) is 4.98 Å². The molecule has 8 heteroatoms. The van der Waals surface area contributed by atoms with Gasteiger partial charge in [-0.05, 0) is 35.9 Å². The Bertz CT molecular complexity index is 1020. The third-order valence-corrected chi connectivity index (χ3v) is 4.22. The normalized spacial score (nSPS) is 12.9. The molecule has 2 aromatic carbocycles. The number of benzene rings is 2. The van der Waals surface area contributed by atoms with Crippen LogP contribution in [0.1, 0.15) is 11.5 Å². The Hall–Kier alpha value is -3.19. The van der Waals surface area contributed by atoms with Crippen molar-refractivity contribution >= 4 is 22.7 Å². The van der Waals surface area contributed by atoms with Crippen LogP contribution >= 0.6 is 11.6 Å². The molecule has 1 aromatic heterocycles. The van der Waals surface area contributed by atoms with Crippen molar-refractivity contribution in [3.8, 4) is 34.4 Å². The van der Waals surface area contributed by atoms with Crippen molar-refractivity contribution in [2.75, 3.05) is 21.0 Å². The number of ether oxygens (including phenoxy) is 4. The zero-order chi connectivity index (χ0) is 18.8. The van der Waals surface area contributed by atoms with Crippen LogP contribution in [0.3, 0.4) is 0 Å². The highest BCUT2D eigenvalue weighted by atomic mass is 35.5. The van der Waals surface area contributed by atoms with Gasteiger partial charge in [0.2, 0.25) is 18.4 Å². The van der Waals surface area contributed by atoms with E-state index in [4.69, 9.17) is 35.1 Å². The molecule has 0 saturated heterocycles. The van der Waals surface area contributed by atoms with Crippen molar-refractivity contribution < 1.29 is 23.5 Å². The van der Waals surface area contributed by atoms with Crippen LogP contribution in [0.15, 0.2) is 40.9 Å². The summed E-state index contributed by atoms with van der Waals surface area (Å²) in [6, 6.07) is 11.0. The van der Waals surface area contributed by atoms with Crippen LogP contribution < -0.4 is 18.9 Å². The molecule has 0 N–H and O–H groups in total. The number of methoxy groups -OCH3 is 2. The Morgan fingerprint density at radius 3 is 2.74 bits per heavy atom. The van der Waals surface area contributed by atoms with E-state index in [2.05, 4.69) is 10.1 Å². The van der Waals surface area contributed by atoms with Gasteiger partial charge in [0.05, 0.1) is 19.8 Å². The van der Waals surface area contributed by atoms with E-state index in [1.807, 2.05) is 24.3 Å². The fraction of sp³-hybridized carbons (Fsp3) is 0.158. The minimum atomic E-state index is 0.151. The van der Waals surface area contributed by atoms with Crippen LogP contribution in [0, 0.1) is 0 Å². The smallest absolute Gasteiger partial charge is 0.269 e. The number of aromatic nitrogens is 2. The molecule has 0 aliphatic carbocycles. The van der Waals surface area contributed by atoms with Crippen molar-refractivity contribution in [1.29, 1.82) is 0 Å². The molecule has 1 aliphatic heterocycles. The maximum atomic E-state index is 6.38. The molecule has 138 valence electrons. The Morgan fingerprint density at radius 1 is 1.11 bits per heavy atom. The summed E-state index contributed by atoms with van der Waals surface area (Å²) in [5, 5.41) is 4.27. The first-order valence-corrected chi connectivity index (χ1v) is 8.39. The van der Waals surface area contributed by atoms with Gasteiger partial charge < -0.3 is 23.5 Å². The summed E-state index contributed by atoms with van der Waals surface area (Å²) in [6.07, 6.45) is 1.69. The molecule has 0 amide bonds. The summed E-state index contributed by atoms with van der Waals surface area (Å²) >= 11 is 6.38. The maximum Gasteiger partial charge on any atom is 0.269 e. The number of hydrogen-bond donors (Lipinski definition) is 0. The Balaban J connectivity index is 1.66. The van der Waals surface area contributed by atoms with Crippen molar-refractivity contribution in [1.82, 2.24) is 10.1 Å². The van der Waals surface area contributed by atoms with Gasteiger partial charge in [0, 0.05) is 0 Å². The second-order valence-electron chi connectivity index (χ2n) is 5.57. The highest BCUT2D eigenvalue weighted by Gasteiger charge is 2.20. The number of rotatable bonds is 5. The molecule has 2 heterocycles. The molecule has 0 radical (unpaired) electrons. The van der Waals surface area contributed by atoms with E-state index in [-0.39, 0.29) is 17.7 Å². The van der Waals surface area contributed by atoms with E-state index in [0.29, 0.717) is 34.4 Å². The monoisotopic (exact) mass is 386 g/mol. The van der Waals surface area contributed by atoms with Crippen LogP contribution in [-0.4, -0.2) is 31.2 Å². The molecule has 7 nitrogen and oxygen atoms in total. The number of halogens is 1. The van der Waals surface area contributed by atoms with Crippen LogP contribution in [-0.2, 0) is 0 Å². The summed E-state index contributed by atoms with van der Waals surface area (Å²) in [4.78, 5) is 4.36. The van der Waals surface area contributed by atoms with Gasteiger partial charge in [-0.25, -0.2) is 0 Å². The van der Waals surface area contributed by atoms with Crippen LogP contribution in [0.2, 0.25) is 0 Å². The molecule has 0 bridgehead atoms. The molecule has 1 aliphatic rings. The summed E-state index contributed by atoms with van der Waals surface area (Å²) in [6.45, 7) is 0.151. The van der Waals surface area contributed by atoms with Gasteiger partial charge in [0.25, 0.3) is 5.89 Å². The SMILES string of the molecule is COc1ccccc1-c1noc(/C(Cl)=C/c2cc(OC)c3c(c2)OCO3)n1. The minimum absolute atomic E-state index is 0.151. The third kappa shape index (κ3) is 3.29. The molecule has 0 unspecified atom stereocenters. The highest BCUT2D eigenvalue weighted by molar-refractivity contribution is 6.50. The van der Waals surface area contributed by atoms with E-state index in [1.54, 1.807) is 32.4 Å². The minimum Gasteiger partial charge on any atom is -0.496 e. The van der Waals surface area contributed by atoms with Crippen LogP contribution in [0.25, 0.3) is 22.5 Å².